The molecule has 0 saturated heterocycles. The van der Waals surface area contributed by atoms with Crippen molar-refractivity contribution in [1.29, 1.82) is 0 Å². The first-order valence-electron chi connectivity index (χ1n) is 9.41. The first-order chi connectivity index (χ1) is 14.0. The van der Waals surface area contributed by atoms with E-state index in [9.17, 15) is 9.59 Å². The lowest BCUT2D eigenvalue weighted by atomic mass is 9.78. The highest BCUT2D eigenvalue weighted by Gasteiger charge is 2.31. The van der Waals surface area contributed by atoms with Gasteiger partial charge in [-0.05, 0) is 48.1 Å². The van der Waals surface area contributed by atoms with Gasteiger partial charge in [0.25, 0.3) is 0 Å². The normalized spacial score (nSPS) is 15.7. The lowest BCUT2D eigenvalue weighted by Crippen LogP contribution is -2.23. The fourth-order valence-corrected chi connectivity index (χ4v) is 4.06. The van der Waals surface area contributed by atoms with E-state index in [1.54, 1.807) is 13.0 Å². The van der Waals surface area contributed by atoms with Crippen molar-refractivity contribution in [3.63, 3.8) is 0 Å². The molecule has 0 saturated carbocycles. The Bertz CT molecular complexity index is 1120. The largest absolute Gasteiger partial charge is 0.465 e. The molecule has 6 heteroatoms. The van der Waals surface area contributed by atoms with Crippen LogP contribution < -0.4 is 5.73 Å². The fraction of sp³-hybridized carbons (Fsp3) is 0.217. The number of aromatic nitrogens is 2. The van der Waals surface area contributed by atoms with Crippen LogP contribution in [0.5, 0.6) is 0 Å². The summed E-state index contributed by atoms with van der Waals surface area (Å²) in [6.45, 7) is 1.79. The number of hydrogen-bond donors (Lipinski definition) is 1. The quantitative estimate of drug-likeness (QED) is 0.688. The van der Waals surface area contributed by atoms with Gasteiger partial charge in [-0.3, -0.25) is 4.79 Å². The van der Waals surface area contributed by atoms with Gasteiger partial charge in [0, 0.05) is 6.42 Å². The number of carbonyl (C=O) groups excluding carboxylic acids is 2. The number of nitrogens with zero attached hydrogens (tertiary/aromatic N) is 2. The molecule has 1 atom stereocenters. The molecular weight excluding hydrogens is 366 g/mol. The van der Waals surface area contributed by atoms with Crippen molar-refractivity contribution < 1.29 is 14.3 Å². The molecule has 2 N–H and O–H groups in total. The lowest BCUT2D eigenvalue weighted by molar-refractivity contribution is 0.0600. The molecule has 6 nitrogen and oxygen atoms in total. The Labute approximate surface area is 168 Å². The van der Waals surface area contributed by atoms with Crippen molar-refractivity contribution in [2.24, 2.45) is 0 Å². The van der Waals surface area contributed by atoms with Crippen molar-refractivity contribution in [3.8, 4) is 11.1 Å². The number of nitrogen functional groups attached to an aromatic ring is 1. The van der Waals surface area contributed by atoms with Crippen LogP contribution in [0.3, 0.4) is 0 Å². The Balaban J connectivity index is 1.77. The molecule has 4 rings (SSSR count). The number of anilines is 1. The van der Waals surface area contributed by atoms with E-state index in [4.69, 9.17) is 10.5 Å². The first kappa shape index (κ1) is 18.8. The van der Waals surface area contributed by atoms with Crippen LogP contribution in [0.2, 0.25) is 0 Å². The van der Waals surface area contributed by atoms with Gasteiger partial charge in [-0.2, -0.15) is 0 Å². The Morgan fingerprint density at radius 2 is 1.90 bits per heavy atom. The summed E-state index contributed by atoms with van der Waals surface area (Å²) >= 11 is 0. The number of esters is 1. The average Bonchev–Trinajstić information content (AvgIpc) is 2.72. The number of aryl methyl sites for hydroxylation is 1. The van der Waals surface area contributed by atoms with E-state index >= 15 is 0 Å². The molecule has 1 unspecified atom stereocenters. The third-order valence-electron chi connectivity index (χ3n) is 5.33. The standard InChI is InChI=1S/C23H21N3O3/c1-13-21-19(26-23(24)25-13)11-16(12-20(21)27)18-9-4-3-8-17(18)14-6-5-7-15(10-14)22(28)29-2/h3-10,16H,11-12H2,1-2H3,(H2,24,25,26). The third kappa shape index (κ3) is 3.49. The number of nitrogens with two attached hydrogens (primary N) is 1. The summed E-state index contributed by atoms with van der Waals surface area (Å²) in [7, 11) is 1.36. The summed E-state index contributed by atoms with van der Waals surface area (Å²) in [4.78, 5) is 33.3. The first-order valence-corrected chi connectivity index (χ1v) is 9.41. The molecule has 3 aromatic rings. The second kappa shape index (κ2) is 7.47. The molecule has 2 aromatic carbocycles. The van der Waals surface area contributed by atoms with Crippen molar-refractivity contribution in [2.45, 2.75) is 25.7 Å². The number of benzene rings is 2. The number of carbonyl (C=O) groups is 2. The van der Waals surface area contributed by atoms with E-state index in [-0.39, 0.29) is 23.6 Å². The number of rotatable bonds is 3. The molecule has 1 aliphatic rings. The molecule has 1 aliphatic carbocycles. The molecule has 0 fully saturated rings. The lowest BCUT2D eigenvalue weighted by Gasteiger charge is -2.26. The topological polar surface area (TPSA) is 95.2 Å². The average molecular weight is 387 g/mol. The van der Waals surface area contributed by atoms with E-state index < -0.39 is 0 Å². The number of ether oxygens (including phenoxy) is 1. The van der Waals surface area contributed by atoms with Crippen molar-refractivity contribution in [3.05, 3.63) is 76.6 Å². The highest BCUT2D eigenvalue weighted by molar-refractivity contribution is 6.00. The number of fused-ring (bicyclic) bond motifs is 1. The minimum absolute atomic E-state index is 0.0262. The maximum absolute atomic E-state index is 12.8. The zero-order chi connectivity index (χ0) is 20.5. The Morgan fingerprint density at radius 1 is 1.10 bits per heavy atom. The van der Waals surface area contributed by atoms with Crippen LogP contribution in [0.25, 0.3) is 11.1 Å². The van der Waals surface area contributed by atoms with E-state index in [1.807, 2.05) is 42.5 Å². The molecule has 29 heavy (non-hydrogen) atoms. The summed E-state index contributed by atoms with van der Waals surface area (Å²) < 4.78 is 4.84. The number of hydrogen-bond acceptors (Lipinski definition) is 6. The van der Waals surface area contributed by atoms with Crippen molar-refractivity contribution in [2.75, 3.05) is 12.8 Å². The van der Waals surface area contributed by atoms with Gasteiger partial charge in [0.2, 0.25) is 5.95 Å². The van der Waals surface area contributed by atoms with Gasteiger partial charge < -0.3 is 10.5 Å². The number of ketones is 1. The molecule has 0 radical (unpaired) electrons. The molecule has 0 bridgehead atoms. The molecule has 1 heterocycles. The van der Waals surface area contributed by atoms with Crippen LogP contribution in [0.1, 0.15) is 50.0 Å². The predicted octanol–water partition coefficient (Wildman–Crippen LogP) is 3.73. The highest BCUT2D eigenvalue weighted by Crippen LogP contribution is 2.38. The van der Waals surface area contributed by atoms with Gasteiger partial charge >= 0.3 is 5.97 Å². The summed E-state index contributed by atoms with van der Waals surface area (Å²) in [6.07, 6.45) is 0.997. The van der Waals surface area contributed by atoms with Gasteiger partial charge in [0.15, 0.2) is 5.78 Å². The smallest absolute Gasteiger partial charge is 0.337 e. The van der Waals surface area contributed by atoms with Gasteiger partial charge in [0.1, 0.15) is 0 Å². The van der Waals surface area contributed by atoms with Gasteiger partial charge in [-0.1, -0.05) is 36.4 Å². The molecule has 0 spiro atoms. The summed E-state index contributed by atoms with van der Waals surface area (Å²) in [5.74, 6) is -0.184. The zero-order valence-corrected chi connectivity index (χ0v) is 16.3. The molecule has 1 aromatic heterocycles. The van der Waals surface area contributed by atoms with Crippen LogP contribution in [-0.2, 0) is 11.2 Å². The molecule has 0 amide bonds. The van der Waals surface area contributed by atoms with Gasteiger partial charge in [-0.25, -0.2) is 14.8 Å². The second-order valence-corrected chi connectivity index (χ2v) is 7.18. The summed E-state index contributed by atoms with van der Waals surface area (Å²) in [5.41, 5.74) is 11.2. The maximum Gasteiger partial charge on any atom is 0.337 e. The van der Waals surface area contributed by atoms with Crippen LogP contribution in [0.4, 0.5) is 5.95 Å². The van der Waals surface area contributed by atoms with Crippen LogP contribution in [0, 0.1) is 6.92 Å². The Hall–Kier alpha value is -3.54. The van der Waals surface area contributed by atoms with Gasteiger partial charge in [-0.15, -0.1) is 0 Å². The maximum atomic E-state index is 12.8. The second-order valence-electron chi connectivity index (χ2n) is 7.18. The number of Topliss-reactive ketones (excluding diaryl/α,β-unsaturated/α-hetero) is 1. The molecule has 0 aliphatic heterocycles. The van der Waals surface area contributed by atoms with Crippen molar-refractivity contribution >= 4 is 17.7 Å². The monoisotopic (exact) mass is 387 g/mol. The Kier molecular flexibility index (Phi) is 4.84. The summed E-state index contributed by atoms with van der Waals surface area (Å²) in [5, 5.41) is 0. The number of methoxy groups -OCH3 is 1. The molecule has 146 valence electrons. The van der Waals surface area contributed by atoms with Crippen LogP contribution in [-0.4, -0.2) is 28.8 Å². The van der Waals surface area contributed by atoms with Crippen molar-refractivity contribution in [1.82, 2.24) is 9.97 Å². The Morgan fingerprint density at radius 3 is 2.69 bits per heavy atom. The third-order valence-corrected chi connectivity index (χ3v) is 5.33. The van der Waals surface area contributed by atoms with E-state index in [2.05, 4.69) is 9.97 Å². The SMILES string of the molecule is COC(=O)c1cccc(-c2ccccc2C2CC(=O)c3c(C)nc(N)nc3C2)c1. The summed E-state index contributed by atoms with van der Waals surface area (Å²) in [6, 6.07) is 15.3. The predicted molar refractivity (Wildman–Crippen MR) is 110 cm³/mol. The minimum atomic E-state index is -0.381. The minimum Gasteiger partial charge on any atom is -0.465 e. The zero-order valence-electron chi connectivity index (χ0n) is 16.3. The van der Waals surface area contributed by atoms with Crippen LogP contribution in [0.15, 0.2) is 48.5 Å². The van der Waals surface area contributed by atoms with Gasteiger partial charge in [0.05, 0.1) is 29.6 Å². The van der Waals surface area contributed by atoms with E-state index in [1.165, 1.54) is 7.11 Å². The fourth-order valence-electron chi connectivity index (χ4n) is 4.06. The van der Waals surface area contributed by atoms with E-state index in [0.717, 1.165) is 16.7 Å². The van der Waals surface area contributed by atoms with E-state index in [0.29, 0.717) is 35.4 Å². The molecular formula is C23H21N3O3. The highest BCUT2D eigenvalue weighted by atomic mass is 16.5. The van der Waals surface area contributed by atoms with Crippen LogP contribution >= 0.6 is 0 Å².